The Hall–Kier alpha value is -2.69. The smallest absolute Gasteiger partial charge is 0.255 e. The van der Waals surface area contributed by atoms with Crippen molar-refractivity contribution < 1.29 is 14.3 Å². The van der Waals surface area contributed by atoms with Crippen molar-refractivity contribution in [1.29, 1.82) is 0 Å². The summed E-state index contributed by atoms with van der Waals surface area (Å²) in [5.41, 5.74) is 1.24. The zero-order chi connectivity index (χ0) is 19.8. The fourth-order valence-corrected chi connectivity index (χ4v) is 3.02. The maximum atomic E-state index is 12.6. The molecular formula is C22H19Cl2NO3. The molecule has 0 unspecified atom stereocenters. The van der Waals surface area contributed by atoms with Crippen LogP contribution in [0.1, 0.15) is 15.9 Å². The summed E-state index contributed by atoms with van der Waals surface area (Å²) in [5, 5.41) is 3.92. The van der Waals surface area contributed by atoms with Crippen LogP contribution in [0.25, 0.3) is 0 Å². The number of benzene rings is 3. The first-order valence-electron chi connectivity index (χ1n) is 8.75. The van der Waals surface area contributed by atoms with Crippen molar-refractivity contribution >= 4 is 29.1 Å². The van der Waals surface area contributed by atoms with Gasteiger partial charge in [0.2, 0.25) is 0 Å². The molecule has 4 nitrogen and oxygen atoms in total. The Morgan fingerprint density at radius 1 is 0.857 bits per heavy atom. The minimum absolute atomic E-state index is 0.245. The van der Waals surface area contributed by atoms with Gasteiger partial charge in [-0.25, -0.2) is 0 Å². The molecule has 3 rings (SSSR count). The molecule has 0 spiro atoms. The molecule has 28 heavy (non-hydrogen) atoms. The van der Waals surface area contributed by atoms with Crippen molar-refractivity contribution in [3.05, 3.63) is 94.0 Å². The van der Waals surface area contributed by atoms with Gasteiger partial charge in [-0.1, -0.05) is 59.6 Å². The van der Waals surface area contributed by atoms with Gasteiger partial charge in [0.05, 0.1) is 5.56 Å². The minimum atomic E-state index is -0.245. The van der Waals surface area contributed by atoms with Crippen LogP contribution in [0.15, 0.2) is 72.8 Å². The number of halogens is 2. The third-order valence-electron chi connectivity index (χ3n) is 3.94. The molecule has 0 saturated heterocycles. The average molecular weight is 416 g/mol. The molecule has 0 aromatic heterocycles. The van der Waals surface area contributed by atoms with Crippen LogP contribution in [0.3, 0.4) is 0 Å². The third kappa shape index (κ3) is 5.65. The minimum Gasteiger partial charge on any atom is -0.490 e. The Kier molecular flexibility index (Phi) is 7.18. The van der Waals surface area contributed by atoms with E-state index in [1.54, 1.807) is 36.4 Å². The van der Waals surface area contributed by atoms with E-state index in [1.165, 1.54) is 0 Å². The fourth-order valence-electron chi connectivity index (χ4n) is 2.54. The van der Waals surface area contributed by atoms with Crippen molar-refractivity contribution in [2.75, 3.05) is 13.2 Å². The first-order valence-corrected chi connectivity index (χ1v) is 9.51. The van der Waals surface area contributed by atoms with E-state index in [4.69, 9.17) is 32.7 Å². The Labute approximate surface area is 174 Å². The van der Waals surface area contributed by atoms with Gasteiger partial charge in [0.25, 0.3) is 5.91 Å². The molecule has 0 aliphatic carbocycles. The van der Waals surface area contributed by atoms with Gasteiger partial charge in [-0.15, -0.1) is 0 Å². The number of para-hydroxylation sites is 2. The van der Waals surface area contributed by atoms with Crippen LogP contribution in [0.2, 0.25) is 10.0 Å². The number of hydrogen-bond acceptors (Lipinski definition) is 3. The summed E-state index contributed by atoms with van der Waals surface area (Å²) in [6.45, 7) is 0.989. The lowest BCUT2D eigenvalue weighted by Crippen LogP contribution is -2.24. The quantitative estimate of drug-likeness (QED) is 0.502. The number of carbonyl (C=O) groups excluding carboxylic acids is 1. The summed E-state index contributed by atoms with van der Waals surface area (Å²) in [5.74, 6) is 1.03. The Balaban J connectivity index is 1.55. The zero-order valence-electron chi connectivity index (χ0n) is 15.0. The second-order valence-electron chi connectivity index (χ2n) is 5.92. The lowest BCUT2D eigenvalue weighted by atomic mass is 10.1. The van der Waals surface area contributed by atoms with Gasteiger partial charge in [0.1, 0.15) is 24.7 Å². The number of rotatable bonds is 8. The van der Waals surface area contributed by atoms with E-state index in [-0.39, 0.29) is 5.91 Å². The summed E-state index contributed by atoms with van der Waals surface area (Å²) < 4.78 is 11.3. The number of carbonyl (C=O) groups is 1. The fraction of sp³-hybridized carbons (Fsp3) is 0.136. The standard InChI is InChI=1S/C22H19Cl2NO3/c23-17-11-10-16(20(24)14-17)15-25-22(26)19-8-4-5-9-21(19)28-13-12-27-18-6-2-1-3-7-18/h1-11,14H,12-13,15H2,(H,25,26). The van der Waals surface area contributed by atoms with Crippen LogP contribution in [0.4, 0.5) is 0 Å². The van der Waals surface area contributed by atoms with Gasteiger partial charge in [-0.2, -0.15) is 0 Å². The largest absolute Gasteiger partial charge is 0.490 e. The zero-order valence-corrected chi connectivity index (χ0v) is 16.5. The first-order chi connectivity index (χ1) is 13.6. The number of hydrogen-bond donors (Lipinski definition) is 1. The average Bonchev–Trinajstić information content (AvgIpc) is 2.71. The van der Waals surface area contributed by atoms with E-state index in [1.807, 2.05) is 36.4 Å². The van der Waals surface area contributed by atoms with Crippen molar-refractivity contribution in [2.24, 2.45) is 0 Å². The summed E-state index contributed by atoms with van der Waals surface area (Å²) in [6, 6.07) is 21.7. The molecule has 3 aromatic rings. The molecule has 144 valence electrons. The van der Waals surface area contributed by atoms with E-state index >= 15 is 0 Å². The molecule has 0 bridgehead atoms. The van der Waals surface area contributed by atoms with E-state index in [0.29, 0.717) is 41.1 Å². The topological polar surface area (TPSA) is 47.6 Å². The normalized spacial score (nSPS) is 10.4. The molecule has 0 aliphatic heterocycles. The molecule has 3 aromatic carbocycles. The lowest BCUT2D eigenvalue weighted by Gasteiger charge is -2.13. The van der Waals surface area contributed by atoms with Crippen molar-refractivity contribution in [3.8, 4) is 11.5 Å². The van der Waals surface area contributed by atoms with Crippen molar-refractivity contribution in [2.45, 2.75) is 6.54 Å². The van der Waals surface area contributed by atoms with E-state index in [9.17, 15) is 4.79 Å². The SMILES string of the molecule is O=C(NCc1ccc(Cl)cc1Cl)c1ccccc1OCCOc1ccccc1. The predicted molar refractivity (Wildman–Crippen MR) is 112 cm³/mol. The van der Waals surface area contributed by atoms with Gasteiger partial charge in [0.15, 0.2) is 0 Å². The van der Waals surface area contributed by atoms with Crippen molar-refractivity contribution in [1.82, 2.24) is 5.32 Å². The first kappa shape index (κ1) is 20.1. The van der Waals surface area contributed by atoms with Crippen LogP contribution in [0, 0.1) is 0 Å². The highest BCUT2D eigenvalue weighted by Crippen LogP contribution is 2.22. The molecule has 0 radical (unpaired) electrons. The summed E-state index contributed by atoms with van der Waals surface area (Å²) in [7, 11) is 0. The van der Waals surface area contributed by atoms with Gasteiger partial charge >= 0.3 is 0 Å². The third-order valence-corrected chi connectivity index (χ3v) is 4.53. The highest BCUT2D eigenvalue weighted by molar-refractivity contribution is 6.35. The molecular weight excluding hydrogens is 397 g/mol. The Bertz CT molecular complexity index is 932. The monoisotopic (exact) mass is 415 g/mol. The predicted octanol–water partition coefficient (Wildman–Crippen LogP) is 5.38. The van der Waals surface area contributed by atoms with Gasteiger partial charge < -0.3 is 14.8 Å². The molecule has 0 saturated carbocycles. The van der Waals surface area contributed by atoms with Crippen LogP contribution in [-0.4, -0.2) is 19.1 Å². The number of ether oxygens (including phenoxy) is 2. The summed E-state index contributed by atoms with van der Waals surface area (Å²) in [6.07, 6.45) is 0. The van der Waals surface area contributed by atoms with Crippen molar-refractivity contribution in [3.63, 3.8) is 0 Å². The molecule has 6 heteroatoms. The highest BCUT2D eigenvalue weighted by Gasteiger charge is 2.12. The van der Waals surface area contributed by atoms with Crippen LogP contribution in [-0.2, 0) is 6.54 Å². The molecule has 1 amide bonds. The van der Waals surface area contributed by atoms with Gasteiger partial charge in [-0.3, -0.25) is 4.79 Å². The Morgan fingerprint density at radius 3 is 2.36 bits per heavy atom. The van der Waals surface area contributed by atoms with Gasteiger partial charge in [-0.05, 0) is 42.0 Å². The molecule has 0 fully saturated rings. The second kappa shape index (κ2) is 10.0. The summed E-state index contributed by atoms with van der Waals surface area (Å²) in [4.78, 5) is 12.6. The molecule has 0 heterocycles. The highest BCUT2D eigenvalue weighted by atomic mass is 35.5. The molecule has 1 N–H and O–H groups in total. The van der Waals surface area contributed by atoms with Crippen LogP contribution in [0.5, 0.6) is 11.5 Å². The maximum absolute atomic E-state index is 12.6. The second-order valence-corrected chi connectivity index (χ2v) is 6.77. The number of nitrogens with one attached hydrogen (secondary N) is 1. The summed E-state index contributed by atoms with van der Waals surface area (Å²) >= 11 is 12.0. The maximum Gasteiger partial charge on any atom is 0.255 e. The van der Waals surface area contributed by atoms with E-state index in [2.05, 4.69) is 5.32 Å². The Morgan fingerprint density at radius 2 is 1.57 bits per heavy atom. The van der Waals surface area contributed by atoms with E-state index < -0.39 is 0 Å². The molecule has 0 atom stereocenters. The van der Waals surface area contributed by atoms with Gasteiger partial charge in [0, 0.05) is 16.6 Å². The van der Waals surface area contributed by atoms with Crippen LogP contribution >= 0.6 is 23.2 Å². The lowest BCUT2D eigenvalue weighted by molar-refractivity contribution is 0.0945. The van der Waals surface area contributed by atoms with Crippen LogP contribution < -0.4 is 14.8 Å². The van der Waals surface area contributed by atoms with E-state index in [0.717, 1.165) is 11.3 Å². The molecule has 0 aliphatic rings. The number of amides is 1.